The molecule has 10 nitrogen and oxygen atoms in total. The average molecular weight is 353 g/mol. The van der Waals surface area contributed by atoms with Gasteiger partial charge in [0.2, 0.25) is 5.91 Å². The number of imidazole rings is 1. The standard InChI is InChI=1S/C14H24BN5O5/c16-11(4-10-5-18-8-19-10)12(21)20-6-9(2-1-3-15(24)25)14(17,7-20)13(22)23/h5,8-9,11,24-25H,1-4,6-7,16-17H2,(H,18,19)(H,22,23)/t9?,11-,14-/m0/s1. The Bertz CT molecular complexity index is 598. The molecule has 0 radical (unpaired) electrons. The predicted octanol–water partition coefficient (Wildman–Crippen LogP) is -2.23. The predicted molar refractivity (Wildman–Crippen MR) is 89.1 cm³/mol. The molecule has 25 heavy (non-hydrogen) atoms. The molecule has 11 heteroatoms. The molecule has 3 atom stereocenters. The number of carboxylic acid groups (broad SMARTS) is 1. The van der Waals surface area contributed by atoms with Gasteiger partial charge in [0.05, 0.1) is 12.4 Å². The summed E-state index contributed by atoms with van der Waals surface area (Å²) < 4.78 is 0. The molecule has 0 spiro atoms. The molecule has 1 aromatic rings. The summed E-state index contributed by atoms with van der Waals surface area (Å²) in [6.45, 7) is 0.0595. The Kier molecular flexibility index (Phi) is 6.17. The van der Waals surface area contributed by atoms with Gasteiger partial charge in [0.1, 0.15) is 5.54 Å². The molecular formula is C14H24BN5O5. The number of amides is 1. The first-order valence-corrected chi connectivity index (χ1v) is 8.14. The van der Waals surface area contributed by atoms with Crippen LogP contribution in [0.4, 0.5) is 0 Å². The van der Waals surface area contributed by atoms with Crippen molar-refractivity contribution < 1.29 is 24.7 Å². The fourth-order valence-electron chi connectivity index (χ4n) is 3.20. The number of aromatic amines is 1. The lowest BCUT2D eigenvalue weighted by molar-refractivity contribution is -0.144. The molecule has 1 fully saturated rings. The van der Waals surface area contributed by atoms with Gasteiger partial charge in [-0.15, -0.1) is 0 Å². The van der Waals surface area contributed by atoms with E-state index in [9.17, 15) is 14.7 Å². The maximum absolute atomic E-state index is 12.5. The largest absolute Gasteiger partial charge is 0.480 e. The number of aromatic nitrogens is 2. The van der Waals surface area contributed by atoms with Crippen molar-refractivity contribution in [3.8, 4) is 0 Å². The van der Waals surface area contributed by atoms with Gasteiger partial charge in [0, 0.05) is 37.3 Å². The van der Waals surface area contributed by atoms with Crippen LogP contribution in [0.25, 0.3) is 0 Å². The van der Waals surface area contributed by atoms with Crippen LogP contribution in [0.3, 0.4) is 0 Å². The highest BCUT2D eigenvalue weighted by molar-refractivity contribution is 6.40. The van der Waals surface area contributed by atoms with E-state index in [0.717, 1.165) is 0 Å². The number of nitrogens with one attached hydrogen (secondary N) is 1. The summed E-state index contributed by atoms with van der Waals surface area (Å²) in [6.07, 6.45) is 4.23. The molecule has 0 aliphatic carbocycles. The Morgan fingerprint density at radius 2 is 2.24 bits per heavy atom. The molecule has 1 aliphatic rings. The zero-order chi connectivity index (χ0) is 18.6. The molecule has 8 N–H and O–H groups in total. The van der Waals surface area contributed by atoms with E-state index in [2.05, 4.69) is 9.97 Å². The third-order valence-corrected chi connectivity index (χ3v) is 4.66. The Labute approximate surface area is 145 Å². The van der Waals surface area contributed by atoms with E-state index in [1.807, 2.05) is 0 Å². The number of carbonyl (C=O) groups is 2. The normalized spacial score (nSPS) is 24.3. The Morgan fingerprint density at radius 3 is 2.80 bits per heavy atom. The first-order valence-electron chi connectivity index (χ1n) is 8.14. The van der Waals surface area contributed by atoms with Gasteiger partial charge in [-0.05, 0) is 12.7 Å². The van der Waals surface area contributed by atoms with Crippen LogP contribution in [0.1, 0.15) is 18.5 Å². The smallest absolute Gasteiger partial charge is 0.451 e. The summed E-state index contributed by atoms with van der Waals surface area (Å²) in [7, 11) is -1.45. The summed E-state index contributed by atoms with van der Waals surface area (Å²) in [6, 6.07) is -0.823. The van der Waals surface area contributed by atoms with Gasteiger partial charge in [0.15, 0.2) is 0 Å². The first-order chi connectivity index (χ1) is 11.7. The minimum atomic E-state index is -1.57. The van der Waals surface area contributed by atoms with Gasteiger partial charge in [-0.1, -0.05) is 6.42 Å². The number of rotatable bonds is 8. The molecule has 0 saturated carbocycles. The number of aliphatic carboxylic acids is 1. The highest BCUT2D eigenvalue weighted by Crippen LogP contribution is 2.31. The molecular weight excluding hydrogens is 329 g/mol. The average Bonchev–Trinajstić information content (AvgIpc) is 3.15. The fourth-order valence-corrected chi connectivity index (χ4v) is 3.20. The van der Waals surface area contributed by atoms with Crippen LogP contribution in [0.15, 0.2) is 12.5 Å². The number of likely N-dealkylation sites (tertiary alicyclic amines) is 1. The van der Waals surface area contributed by atoms with E-state index < -0.39 is 30.6 Å². The summed E-state index contributed by atoms with van der Waals surface area (Å²) in [5.74, 6) is -2.03. The number of H-pyrrole nitrogens is 1. The van der Waals surface area contributed by atoms with Crippen molar-refractivity contribution >= 4 is 19.0 Å². The summed E-state index contributed by atoms with van der Waals surface area (Å²) in [4.78, 5) is 32.3. The Balaban J connectivity index is 2.01. The van der Waals surface area contributed by atoms with Crippen molar-refractivity contribution in [2.24, 2.45) is 17.4 Å². The lowest BCUT2D eigenvalue weighted by Crippen LogP contribution is -2.55. The van der Waals surface area contributed by atoms with E-state index in [4.69, 9.17) is 21.5 Å². The van der Waals surface area contributed by atoms with Crippen LogP contribution < -0.4 is 11.5 Å². The summed E-state index contributed by atoms with van der Waals surface area (Å²) >= 11 is 0. The number of hydrogen-bond acceptors (Lipinski definition) is 7. The van der Waals surface area contributed by atoms with Gasteiger partial charge in [-0.2, -0.15) is 0 Å². The molecule has 2 rings (SSSR count). The minimum absolute atomic E-state index is 0.121. The first kappa shape index (κ1) is 19.4. The monoisotopic (exact) mass is 353 g/mol. The van der Waals surface area contributed by atoms with Gasteiger partial charge in [0.25, 0.3) is 0 Å². The maximum atomic E-state index is 12.5. The summed E-state index contributed by atoms with van der Waals surface area (Å²) in [5.41, 5.74) is 11.1. The second-order valence-corrected chi connectivity index (χ2v) is 6.56. The molecule has 1 saturated heterocycles. The lowest BCUT2D eigenvalue weighted by atomic mass is 9.78. The SMILES string of the molecule is N[C@@H](Cc1cnc[nH]1)C(=O)N1CC(CCCB(O)O)[C@](N)(C(=O)O)C1. The van der Waals surface area contributed by atoms with Crippen molar-refractivity contribution in [1.82, 2.24) is 14.9 Å². The van der Waals surface area contributed by atoms with E-state index in [-0.39, 0.29) is 31.7 Å². The van der Waals surface area contributed by atoms with Crippen molar-refractivity contribution in [2.45, 2.75) is 37.2 Å². The van der Waals surface area contributed by atoms with E-state index in [0.29, 0.717) is 18.5 Å². The Morgan fingerprint density at radius 1 is 1.52 bits per heavy atom. The van der Waals surface area contributed by atoms with Crippen molar-refractivity contribution in [3.63, 3.8) is 0 Å². The number of nitrogens with two attached hydrogens (primary N) is 2. The van der Waals surface area contributed by atoms with Crippen LogP contribution in [-0.2, 0) is 16.0 Å². The minimum Gasteiger partial charge on any atom is -0.480 e. The Hall–Kier alpha value is -1.95. The molecule has 1 aromatic heterocycles. The van der Waals surface area contributed by atoms with Crippen LogP contribution in [-0.4, -0.2) is 73.7 Å². The van der Waals surface area contributed by atoms with Crippen LogP contribution >= 0.6 is 0 Å². The third kappa shape index (κ3) is 4.57. The van der Waals surface area contributed by atoms with Gasteiger partial charge < -0.3 is 36.5 Å². The molecule has 1 unspecified atom stereocenters. The van der Waals surface area contributed by atoms with E-state index in [1.165, 1.54) is 11.2 Å². The molecule has 1 aliphatic heterocycles. The van der Waals surface area contributed by atoms with Crippen LogP contribution in [0, 0.1) is 5.92 Å². The van der Waals surface area contributed by atoms with E-state index >= 15 is 0 Å². The van der Waals surface area contributed by atoms with Gasteiger partial charge in [-0.25, -0.2) is 4.98 Å². The molecule has 1 amide bonds. The molecule has 138 valence electrons. The highest BCUT2D eigenvalue weighted by atomic mass is 16.4. The number of hydrogen-bond donors (Lipinski definition) is 6. The third-order valence-electron chi connectivity index (χ3n) is 4.66. The number of carbonyl (C=O) groups excluding carboxylic acids is 1. The van der Waals surface area contributed by atoms with Crippen LogP contribution in [0.5, 0.6) is 0 Å². The summed E-state index contributed by atoms with van der Waals surface area (Å²) in [5, 5.41) is 27.3. The highest BCUT2D eigenvalue weighted by Gasteiger charge is 2.50. The number of carboxylic acids is 1. The maximum Gasteiger partial charge on any atom is 0.451 e. The quantitative estimate of drug-likeness (QED) is 0.284. The topological polar surface area (TPSA) is 179 Å². The molecule has 0 bridgehead atoms. The van der Waals surface area contributed by atoms with Crippen LogP contribution in [0.2, 0.25) is 6.32 Å². The van der Waals surface area contributed by atoms with Gasteiger partial charge >= 0.3 is 13.1 Å². The van der Waals surface area contributed by atoms with Gasteiger partial charge in [-0.3, -0.25) is 9.59 Å². The molecule has 2 heterocycles. The number of nitrogens with zero attached hydrogens (tertiary/aromatic N) is 2. The second-order valence-electron chi connectivity index (χ2n) is 6.56. The van der Waals surface area contributed by atoms with E-state index in [1.54, 1.807) is 6.20 Å². The zero-order valence-corrected chi connectivity index (χ0v) is 13.8. The van der Waals surface area contributed by atoms with Crippen molar-refractivity contribution in [3.05, 3.63) is 18.2 Å². The molecule has 0 aromatic carbocycles. The van der Waals surface area contributed by atoms with Crippen molar-refractivity contribution in [2.75, 3.05) is 13.1 Å². The van der Waals surface area contributed by atoms with Crippen molar-refractivity contribution in [1.29, 1.82) is 0 Å². The second kappa shape index (κ2) is 7.96. The zero-order valence-electron chi connectivity index (χ0n) is 13.8. The lowest BCUT2D eigenvalue weighted by Gasteiger charge is -2.25. The fraction of sp³-hybridized carbons (Fsp3) is 0.643.